The van der Waals surface area contributed by atoms with Crippen LogP contribution in [0, 0.1) is 35.0 Å². The van der Waals surface area contributed by atoms with E-state index < -0.39 is 0 Å². The second-order valence-electron chi connectivity index (χ2n) is 4.10. The molecule has 1 heteroatoms. The van der Waals surface area contributed by atoms with Gasteiger partial charge in [0.25, 0.3) is 0 Å². The molecule has 1 saturated carbocycles. The third-order valence-corrected chi connectivity index (χ3v) is 2.80. The van der Waals surface area contributed by atoms with Crippen molar-refractivity contribution in [2.45, 2.75) is 33.6 Å². The standard InChI is InChI=1S/C10H17N/c1-7(2)10(6-11)8(3)9-4-5-9/h7-10H,4-5H2,1-3H3. The Hall–Kier alpha value is -0.510. The SMILES string of the molecule is CC(C)C(C#N)C(C)C1CC1. The number of nitriles is 1. The Bertz CT molecular complexity index is 162. The van der Waals surface area contributed by atoms with Gasteiger partial charge in [-0.05, 0) is 30.6 Å². The van der Waals surface area contributed by atoms with Crippen LogP contribution in [0.5, 0.6) is 0 Å². The molecule has 0 heterocycles. The number of nitrogens with zero attached hydrogens (tertiary/aromatic N) is 1. The lowest BCUT2D eigenvalue weighted by Crippen LogP contribution is -2.17. The van der Waals surface area contributed by atoms with Crippen molar-refractivity contribution < 1.29 is 0 Å². The first-order chi connectivity index (χ1) is 5.16. The second kappa shape index (κ2) is 3.26. The Labute approximate surface area is 69.4 Å². The van der Waals surface area contributed by atoms with Crippen LogP contribution in [0.1, 0.15) is 33.6 Å². The molecule has 0 N–H and O–H groups in total. The highest BCUT2D eigenvalue weighted by Gasteiger charge is 2.34. The molecule has 1 nitrogen and oxygen atoms in total. The lowest BCUT2D eigenvalue weighted by atomic mass is 9.83. The topological polar surface area (TPSA) is 23.8 Å². The van der Waals surface area contributed by atoms with Gasteiger partial charge in [0.1, 0.15) is 0 Å². The van der Waals surface area contributed by atoms with E-state index in [1.54, 1.807) is 0 Å². The van der Waals surface area contributed by atoms with Crippen LogP contribution in [-0.4, -0.2) is 0 Å². The molecule has 0 amide bonds. The van der Waals surface area contributed by atoms with Crippen molar-refractivity contribution >= 4 is 0 Å². The Morgan fingerprint density at radius 3 is 2.09 bits per heavy atom. The van der Waals surface area contributed by atoms with E-state index in [1.165, 1.54) is 12.8 Å². The fourth-order valence-electron chi connectivity index (χ4n) is 1.79. The number of hydrogen-bond donors (Lipinski definition) is 0. The first-order valence-corrected chi connectivity index (χ1v) is 4.56. The van der Waals surface area contributed by atoms with Gasteiger partial charge in [0.05, 0.1) is 12.0 Å². The van der Waals surface area contributed by atoms with Crippen LogP contribution < -0.4 is 0 Å². The minimum absolute atomic E-state index is 0.280. The van der Waals surface area contributed by atoms with E-state index in [2.05, 4.69) is 26.8 Å². The van der Waals surface area contributed by atoms with Gasteiger partial charge in [-0.2, -0.15) is 5.26 Å². The summed E-state index contributed by atoms with van der Waals surface area (Å²) in [6.45, 7) is 6.52. The van der Waals surface area contributed by atoms with Gasteiger partial charge in [-0.25, -0.2) is 0 Å². The van der Waals surface area contributed by atoms with E-state index in [0.717, 1.165) is 5.92 Å². The molecule has 0 bridgehead atoms. The predicted molar refractivity (Wildman–Crippen MR) is 45.8 cm³/mol. The molecule has 0 radical (unpaired) electrons. The number of rotatable bonds is 3. The van der Waals surface area contributed by atoms with E-state index in [4.69, 9.17) is 5.26 Å². The first kappa shape index (κ1) is 8.59. The molecule has 0 saturated heterocycles. The molecule has 2 atom stereocenters. The van der Waals surface area contributed by atoms with Crippen LogP contribution in [0.4, 0.5) is 0 Å². The van der Waals surface area contributed by atoms with Crippen molar-refractivity contribution in [3.63, 3.8) is 0 Å². The largest absolute Gasteiger partial charge is 0.198 e. The molecule has 1 rings (SSSR count). The van der Waals surface area contributed by atoms with Crippen LogP contribution in [-0.2, 0) is 0 Å². The zero-order valence-corrected chi connectivity index (χ0v) is 7.67. The third-order valence-electron chi connectivity index (χ3n) is 2.80. The molecule has 1 aliphatic rings. The van der Waals surface area contributed by atoms with Crippen LogP contribution in [0.15, 0.2) is 0 Å². The van der Waals surface area contributed by atoms with Crippen LogP contribution in [0.25, 0.3) is 0 Å². The maximum absolute atomic E-state index is 8.89. The summed E-state index contributed by atoms with van der Waals surface area (Å²) in [7, 11) is 0. The summed E-state index contributed by atoms with van der Waals surface area (Å²) in [6, 6.07) is 2.42. The normalized spacial score (nSPS) is 22.8. The van der Waals surface area contributed by atoms with Crippen LogP contribution in [0.2, 0.25) is 0 Å². The van der Waals surface area contributed by atoms with Crippen molar-refractivity contribution in [2.24, 2.45) is 23.7 Å². The Kier molecular flexibility index (Phi) is 2.54. The van der Waals surface area contributed by atoms with E-state index in [1.807, 2.05) is 0 Å². The molecule has 1 fully saturated rings. The third kappa shape index (κ3) is 1.96. The number of hydrogen-bond acceptors (Lipinski definition) is 1. The monoisotopic (exact) mass is 151 g/mol. The fraction of sp³-hybridized carbons (Fsp3) is 0.900. The van der Waals surface area contributed by atoms with Gasteiger partial charge in [-0.15, -0.1) is 0 Å². The van der Waals surface area contributed by atoms with Crippen LogP contribution in [0.3, 0.4) is 0 Å². The quantitative estimate of drug-likeness (QED) is 0.608. The van der Waals surface area contributed by atoms with Gasteiger partial charge >= 0.3 is 0 Å². The minimum atomic E-state index is 0.280. The minimum Gasteiger partial charge on any atom is -0.198 e. The maximum atomic E-state index is 8.89. The summed E-state index contributed by atoms with van der Waals surface area (Å²) in [5.74, 6) is 2.29. The summed E-state index contributed by atoms with van der Waals surface area (Å²) in [5, 5.41) is 8.89. The molecule has 0 aromatic rings. The molecule has 1 aliphatic carbocycles. The predicted octanol–water partition coefficient (Wildman–Crippen LogP) is 2.83. The molecule has 0 spiro atoms. The van der Waals surface area contributed by atoms with Crippen molar-refractivity contribution in [3.8, 4) is 6.07 Å². The van der Waals surface area contributed by atoms with Crippen molar-refractivity contribution in [3.05, 3.63) is 0 Å². The molecule has 0 aliphatic heterocycles. The van der Waals surface area contributed by atoms with Gasteiger partial charge in [0, 0.05) is 0 Å². The summed E-state index contributed by atoms with van der Waals surface area (Å²) in [6.07, 6.45) is 2.71. The van der Waals surface area contributed by atoms with Crippen molar-refractivity contribution in [1.82, 2.24) is 0 Å². The zero-order valence-electron chi connectivity index (χ0n) is 7.67. The molecule has 62 valence electrons. The van der Waals surface area contributed by atoms with Gasteiger partial charge in [0.15, 0.2) is 0 Å². The molecule has 0 aromatic carbocycles. The summed E-state index contributed by atoms with van der Waals surface area (Å²) in [5.41, 5.74) is 0. The lowest BCUT2D eigenvalue weighted by Gasteiger charge is -2.19. The molecule has 11 heavy (non-hydrogen) atoms. The highest BCUT2D eigenvalue weighted by atomic mass is 14.4. The van der Waals surface area contributed by atoms with Gasteiger partial charge in [-0.3, -0.25) is 0 Å². The highest BCUT2D eigenvalue weighted by molar-refractivity contribution is 4.94. The maximum Gasteiger partial charge on any atom is 0.0661 e. The average molecular weight is 151 g/mol. The summed E-state index contributed by atoms with van der Waals surface area (Å²) in [4.78, 5) is 0. The van der Waals surface area contributed by atoms with E-state index in [-0.39, 0.29) is 5.92 Å². The zero-order chi connectivity index (χ0) is 8.43. The molecule has 2 unspecified atom stereocenters. The molecule has 0 aromatic heterocycles. The Morgan fingerprint density at radius 2 is 1.82 bits per heavy atom. The molecular weight excluding hydrogens is 134 g/mol. The van der Waals surface area contributed by atoms with E-state index in [9.17, 15) is 0 Å². The average Bonchev–Trinajstić information content (AvgIpc) is 2.68. The Balaban J connectivity index is 2.47. The fourth-order valence-corrected chi connectivity index (χ4v) is 1.79. The van der Waals surface area contributed by atoms with Gasteiger partial charge in [0.2, 0.25) is 0 Å². The van der Waals surface area contributed by atoms with Crippen LogP contribution >= 0.6 is 0 Å². The lowest BCUT2D eigenvalue weighted by molar-refractivity contribution is 0.310. The Morgan fingerprint density at radius 1 is 1.27 bits per heavy atom. The molecular formula is C10H17N. The smallest absolute Gasteiger partial charge is 0.0661 e. The van der Waals surface area contributed by atoms with E-state index >= 15 is 0 Å². The summed E-state index contributed by atoms with van der Waals surface area (Å²) < 4.78 is 0. The highest BCUT2D eigenvalue weighted by Crippen LogP contribution is 2.41. The van der Waals surface area contributed by atoms with E-state index in [0.29, 0.717) is 11.8 Å². The summed E-state index contributed by atoms with van der Waals surface area (Å²) >= 11 is 0. The second-order valence-corrected chi connectivity index (χ2v) is 4.10. The van der Waals surface area contributed by atoms with Gasteiger partial charge < -0.3 is 0 Å². The first-order valence-electron chi connectivity index (χ1n) is 4.56. The van der Waals surface area contributed by atoms with Crippen molar-refractivity contribution in [2.75, 3.05) is 0 Å². The van der Waals surface area contributed by atoms with Crippen molar-refractivity contribution in [1.29, 1.82) is 5.26 Å². The van der Waals surface area contributed by atoms with Gasteiger partial charge in [-0.1, -0.05) is 20.8 Å².